The van der Waals surface area contributed by atoms with Gasteiger partial charge < -0.3 is 0 Å². The minimum atomic E-state index is -2.25. The summed E-state index contributed by atoms with van der Waals surface area (Å²) < 4.78 is 17.8. The van der Waals surface area contributed by atoms with Crippen molar-refractivity contribution in [1.82, 2.24) is 4.90 Å². The van der Waals surface area contributed by atoms with Crippen molar-refractivity contribution in [2.24, 2.45) is 4.36 Å². The van der Waals surface area contributed by atoms with Crippen LogP contribution in [0.4, 0.5) is 0 Å². The van der Waals surface area contributed by atoms with Crippen LogP contribution in [-0.2, 0) is 9.73 Å². The molecule has 0 aromatic heterocycles. The maximum Gasteiger partial charge on any atom is 0.101 e. The topological polar surface area (TPSA) is 32.7 Å². The molecule has 1 saturated heterocycles. The fourth-order valence-electron chi connectivity index (χ4n) is 1.88. The van der Waals surface area contributed by atoms with Crippen molar-refractivity contribution in [3.8, 4) is 0 Å². The van der Waals surface area contributed by atoms with E-state index in [0.29, 0.717) is 6.67 Å². The Kier molecular flexibility index (Phi) is 4.22. The van der Waals surface area contributed by atoms with Crippen LogP contribution in [0.2, 0.25) is 0 Å². The number of benzene rings is 1. The molecule has 1 aromatic rings. The summed E-state index contributed by atoms with van der Waals surface area (Å²) >= 11 is 3.37. The molecule has 0 radical (unpaired) electrons. The summed E-state index contributed by atoms with van der Waals surface area (Å²) in [4.78, 5) is 3.06. The first-order valence-corrected chi connectivity index (χ1v) is 8.45. The highest BCUT2D eigenvalue weighted by atomic mass is 79.9. The van der Waals surface area contributed by atoms with Gasteiger partial charge in [0.1, 0.15) is 6.67 Å². The summed E-state index contributed by atoms with van der Waals surface area (Å²) in [6, 6.07) is 7.56. The van der Waals surface area contributed by atoms with Gasteiger partial charge in [0, 0.05) is 15.6 Å². The van der Waals surface area contributed by atoms with Crippen molar-refractivity contribution in [2.75, 3.05) is 26.0 Å². The van der Waals surface area contributed by atoms with Gasteiger partial charge in [0.05, 0.1) is 9.73 Å². The van der Waals surface area contributed by atoms with E-state index in [4.69, 9.17) is 0 Å². The zero-order valence-corrected chi connectivity index (χ0v) is 12.3. The van der Waals surface area contributed by atoms with Crippen LogP contribution in [0.25, 0.3) is 0 Å². The molecule has 0 aliphatic carbocycles. The Bertz CT molecular complexity index is 486. The van der Waals surface area contributed by atoms with Gasteiger partial charge in [-0.1, -0.05) is 15.9 Å². The predicted molar refractivity (Wildman–Crippen MR) is 74.6 cm³/mol. The zero-order chi connectivity index (χ0) is 12.3. The molecule has 94 valence electrons. The summed E-state index contributed by atoms with van der Waals surface area (Å²) in [5, 5.41) is 0. The lowest BCUT2D eigenvalue weighted by molar-refractivity contribution is 0.352. The number of likely N-dealkylation sites (tertiary alicyclic amines) is 1. The highest BCUT2D eigenvalue weighted by Gasteiger charge is 2.12. The van der Waals surface area contributed by atoms with Crippen molar-refractivity contribution >= 4 is 25.7 Å². The largest absolute Gasteiger partial charge is 0.284 e. The molecule has 0 bridgehead atoms. The Balaban J connectivity index is 2.14. The summed E-state index contributed by atoms with van der Waals surface area (Å²) in [5.74, 6) is 0. The molecule has 1 atom stereocenters. The monoisotopic (exact) mass is 316 g/mol. The maximum absolute atomic E-state index is 12.4. The molecule has 17 heavy (non-hydrogen) atoms. The molecule has 1 aliphatic rings. The van der Waals surface area contributed by atoms with Crippen molar-refractivity contribution in [2.45, 2.75) is 17.7 Å². The normalized spacial score (nSPS) is 20.1. The fourth-order valence-corrected chi connectivity index (χ4v) is 3.32. The van der Waals surface area contributed by atoms with E-state index < -0.39 is 9.73 Å². The lowest BCUT2D eigenvalue weighted by Crippen LogP contribution is -2.20. The fraction of sp³-hybridized carbons (Fsp3) is 0.500. The second kappa shape index (κ2) is 5.50. The van der Waals surface area contributed by atoms with E-state index in [1.54, 1.807) is 6.26 Å². The van der Waals surface area contributed by atoms with Gasteiger partial charge in [-0.3, -0.25) is 4.90 Å². The van der Waals surface area contributed by atoms with Crippen molar-refractivity contribution < 1.29 is 4.21 Å². The molecule has 2 rings (SSSR count). The smallest absolute Gasteiger partial charge is 0.101 e. The summed E-state index contributed by atoms with van der Waals surface area (Å²) in [7, 11) is -2.25. The standard InChI is InChI=1S/C12H17BrN2OS/c1-17(16,12-6-4-11(13)5-7-12)14-10-15-8-2-3-9-15/h4-7H,2-3,8-10H2,1H3. The van der Waals surface area contributed by atoms with E-state index in [-0.39, 0.29) is 0 Å². The van der Waals surface area contributed by atoms with E-state index in [1.807, 2.05) is 24.3 Å². The molecule has 0 spiro atoms. The van der Waals surface area contributed by atoms with Crippen LogP contribution >= 0.6 is 15.9 Å². The summed E-state index contributed by atoms with van der Waals surface area (Å²) in [6.45, 7) is 2.75. The van der Waals surface area contributed by atoms with E-state index in [2.05, 4.69) is 25.2 Å². The molecular formula is C12H17BrN2OS. The lowest BCUT2D eigenvalue weighted by atomic mass is 10.4. The first-order valence-electron chi connectivity index (χ1n) is 5.74. The molecule has 1 aliphatic heterocycles. The van der Waals surface area contributed by atoms with Gasteiger partial charge in [-0.05, 0) is 50.2 Å². The maximum atomic E-state index is 12.4. The van der Waals surface area contributed by atoms with Gasteiger partial charge >= 0.3 is 0 Å². The first kappa shape index (κ1) is 13.1. The molecule has 3 nitrogen and oxygen atoms in total. The van der Waals surface area contributed by atoms with Crippen LogP contribution in [0.15, 0.2) is 38.0 Å². The molecular weight excluding hydrogens is 300 g/mol. The van der Waals surface area contributed by atoms with E-state index in [0.717, 1.165) is 22.5 Å². The summed E-state index contributed by atoms with van der Waals surface area (Å²) in [5.41, 5.74) is 0. The average molecular weight is 317 g/mol. The zero-order valence-electron chi connectivity index (χ0n) is 9.93. The van der Waals surface area contributed by atoms with Gasteiger partial charge in [-0.15, -0.1) is 0 Å². The van der Waals surface area contributed by atoms with Crippen LogP contribution in [0.3, 0.4) is 0 Å². The minimum Gasteiger partial charge on any atom is -0.284 e. The van der Waals surface area contributed by atoms with Crippen LogP contribution in [-0.4, -0.2) is 35.1 Å². The molecule has 1 fully saturated rings. The van der Waals surface area contributed by atoms with Gasteiger partial charge in [-0.2, -0.15) is 0 Å². The highest BCUT2D eigenvalue weighted by Crippen LogP contribution is 2.17. The van der Waals surface area contributed by atoms with Crippen molar-refractivity contribution in [3.63, 3.8) is 0 Å². The molecule has 0 N–H and O–H groups in total. The Labute approximate surface area is 112 Å². The SMILES string of the molecule is CS(=O)(=NCN1CCCC1)c1ccc(Br)cc1. The van der Waals surface area contributed by atoms with Crippen LogP contribution in [0.1, 0.15) is 12.8 Å². The Morgan fingerprint density at radius 1 is 1.29 bits per heavy atom. The van der Waals surface area contributed by atoms with E-state index in [9.17, 15) is 4.21 Å². The van der Waals surface area contributed by atoms with Crippen molar-refractivity contribution in [1.29, 1.82) is 0 Å². The third-order valence-electron chi connectivity index (χ3n) is 2.95. The molecule has 1 aromatic carbocycles. The van der Waals surface area contributed by atoms with E-state index in [1.165, 1.54) is 12.8 Å². The first-order chi connectivity index (χ1) is 8.08. The summed E-state index contributed by atoms with van der Waals surface area (Å²) in [6.07, 6.45) is 4.18. The van der Waals surface area contributed by atoms with Gasteiger partial charge in [0.2, 0.25) is 0 Å². The third-order valence-corrected chi connectivity index (χ3v) is 5.24. The van der Waals surface area contributed by atoms with Crippen LogP contribution in [0.5, 0.6) is 0 Å². The van der Waals surface area contributed by atoms with E-state index >= 15 is 0 Å². The predicted octanol–water partition coefficient (Wildman–Crippen LogP) is 2.96. The number of hydrogen-bond acceptors (Lipinski definition) is 3. The second-order valence-electron chi connectivity index (χ2n) is 4.35. The van der Waals surface area contributed by atoms with Crippen LogP contribution in [0, 0.1) is 0 Å². The molecule has 1 unspecified atom stereocenters. The van der Waals surface area contributed by atoms with Gasteiger partial charge in [0.15, 0.2) is 0 Å². The quantitative estimate of drug-likeness (QED) is 0.858. The molecule has 0 saturated carbocycles. The Hall–Kier alpha value is -0.390. The Morgan fingerprint density at radius 3 is 2.47 bits per heavy atom. The average Bonchev–Trinajstić information content (AvgIpc) is 2.80. The molecule has 0 amide bonds. The Morgan fingerprint density at radius 2 is 1.88 bits per heavy atom. The molecule has 1 heterocycles. The van der Waals surface area contributed by atoms with Gasteiger partial charge in [-0.25, -0.2) is 8.57 Å². The number of hydrogen-bond donors (Lipinski definition) is 0. The number of nitrogens with zero attached hydrogens (tertiary/aromatic N) is 2. The molecule has 5 heteroatoms. The lowest BCUT2D eigenvalue weighted by Gasteiger charge is -2.12. The van der Waals surface area contributed by atoms with Crippen LogP contribution < -0.4 is 0 Å². The minimum absolute atomic E-state index is 0.589. The third kappa shape index (κ3) is 3.53. The van der Waals surface area contributed by atoms with Crippen molar-refractivity contribution in [3.05, 3.63) is 28.7 Å². The second-order valence-corrected chi connectivity index (χ2v) is 7.60. The number of halogens is 1. The van der Waals surface area contributed by atoms with Gasteiger partial charge in [0.25, 0.3) is 0 Å². The number of rotatable bonds is 3. The highest BCUT2D eigenvalue weighted by molar-refractivity contribution is 9.10.